The summed E-state index contributed by atoms with van der Waals surface area (Å²) in [4.78, 5) is 24.5. The van der Waals surface area contributed by atoms with E-state index in [4.69, 9.17) is 21.1 Å². The SMILES string of the molecule is Cn1nc(Nc2ccc(OC3CCN(C(=O)OC(C)(C)C)CC3)cc2)c([N+](=O)[O-])c1Cl. The number of amides is 1. The average molecular weight is 452 g/mol. The molecule has 10 nitrogen and oxygen atoms in total. The summed E-state index contributed by atoms with van der Waals surface area (Å²) in [6.45, 7) is 6.69. The lowest BCUT2D eigenvalue weighted by molar-refractivity contribution is -0.383. The third-order valence-corrected chi connectivity index (χ3v) is 5.07. The molecule has 1 amide bonds. The number of benzene rings is 1. The van der Waals surface area contributed by atoms with E-state index in [9.17, 15) is 14.9 Å². The molecule has 0 spiro atoms. The van der Waals surface area contributed by atoms with E-state index in [2.05, 4.69) is 10.4 Å². The largest absolute Gasteiger partial charge is 0.490 e. The van der Waals surface area contributed by atoms with E-state index in [0.29, 0.717) is 37.4 Å². The fourth-order valence-electron chi connectivity index (χ4n) is 3.17. The minimum atomic E-state index is -0.571. The molecule has 31 heavy (non-hydrogen) atoms. The van der Waals surface area contributed by atoms with Gasteiger partial charge in [-0.3, -0.25) is 10.1 Å². The number of piperidine rings is 1. The first-order valence-corrected chi connectivity index (χ1v) is 10.3. The molecule has 1 aromatic carbocycles. The molecule has 0 unspecified atom stereocenters. The highest BCUT2D eigenvalue weighted by molar-refractivity contribution is 6.32. The van der Waals surface area contributed by atoms with Crippen molar-refractivity contribution in [3.8, 4) is 5.75 Å². The molecule has 0 atom stereocenters. The maximum absolute atomic E-state index is 12.2. The number of aryl methyl sites for hydroxylation is 1. The van der Waals surface area contributed by atoms with E-state index < -0.39 is 10.5 Å². The Morgan fingerprint density at radius 1 is 1.26 bits per heavy atom. The van der Waals surface area contributed by atoms with E-state index >= 15 is 0 Å². The zero-order chi connectivity index (χ0) is 22.8. The number of ether oxygens (including phenoxy) is 2. The molecule has 168 valence electrons. The van der Waals surface area contributed by atoms with E-state index in [-0.39, 0.29) is 28.9 Å². The number of carbonyl (C=O) groups is 1. The van der Waals surface area contributed by atoms with Crippen molar-refractivity contribution in [2.24, 2.45) is 7.05 Å². The van der Waals surface area contributed by atoms with Crippen LogP contribution in [0.3, 0.4) is 0 Å². The molecule has 1 aliphatic rings. The predicted octanol–water partition coefficient (Wildman–Crippen LogP) is 4.50. The molecule has 3 rings (SSSR count). The molecule has 1 N–H and O–H groups in total. The standard InChI is InChI=1S/C20H26ClN5O5/c1-20(2,3)31-19(27)25-11-9-15(10-12-25)30-14-7-5-13(6-8-14)22-18-16(26(28)29)17(21)24(4)23-18/h5-8,15H,9-12H2,1-4H3,(H,22,23). The van der Waals surface area contributed by atoms with Crippen LogP contribution in [-0.4, -0.2) is 50.5 Å². The molecule has 1 saturated heterocycles. The van der Waals surface area contributed by atoms with Gasteiger partial charge in [-0.25, -0.2) is 9.48 Å². The van der Waals surface area contributed by atoms with Gasteiger partial charge in [0.1, 0.15) is 17.5 Å². The zero-order valence-electron chi connectivity index (χ0n) is 17.9. The topological polar surface area (TPSA) is 112 Å². The molecule has 1 aromatic heterocycles. The van der Waals surface area contributed by atoms with Crippen molar-refractivity contribution in [2.45, 2.75) is 45.3 Å². The summed E-state index contributed by atoms with van der Waals surface area (Å²) in [6, 6.07) is 7.05. The highest BCUT2D eigenvalue weighted by Crippen LogP contribution is 2.34. The number of carbonyl (C=O) groups excluding carboxylic acids is 1. The van der Waals surface area contributed by atoms with E-state index in [0.717, 1.165) is 0 Å². The fraction of sp³-hybridized carbons (Fsp3) is 0.500. The summed E-state index contributed by atoms with van der Waals surface area (Å²) < 4.78 is 12.7. The Labute approximate surface area is 185 Å². The Morgan fingerprint density at radius 3 is 2.42 bits per heavy atom. The molecular weight excluding hydrogens is 426 g/mol. The van der Waals surface area contributed by atoms with Gasteiger partial charge in [0, 0.05) is 38.7 Å². The van der Waals surface area contributed by atoms with Crippen LogP contribution in [0.2, 0.25) is 5.15 Å². The molecule has 0 aliphatic carbocycles. The second-order valence-corrected chi connectivity index (χ2v) is 8.66. The Kier molecular flexibility index (Phi) is 6.59. The van der Waals surface area contributed by atoms with E-state index in [1.807, 2.05) is 20.8 Å². The van der Waals surface area contributed by atoms with Crippen LogP contribution in [0.25, 0.3) is 0 Å². The van der Waals surface area contributed by atoms with Crippen molar-refractivity contribution >= 4 is 34.9 Å². The van der Waals surface area contributed by atoms with E-state index in [1.165, 1.54) is 11.7 Å². The molecule has 2 aromatic rings. The molecule has 0 saturated carbocycles. The fourth-order valence-corrected chi connectivity index (χ4v) is 3.36. The van der Waals surface area contributed by atoms with Crippen LogP contribution < -0.4 is 10.1 Å². The third kappa shape index (κ3) is 5.78. The lowest BCUT2D eigenvalue weighted by Crippen LogP contribution is -2.44. The monoisotopic (exact) mass is 451 g/mol. The molecule has 11 heteroatoms. The van der Waals surface area contributed by atoms with Gasteiger partial charge in [-0.05, 0) is 45.0 Å². The van der Waals surface area contributed by atoms with Crippen molar-refractivity contribution < 1.29 is 19.2 Å². The summed E-state index contributed by atoms with van der Waals surface area (Å²) in [6.07, 6.45) is 1.11. The Balaban J connectivity index is 1.55. The number of halogens is 1. The Hall–Kier alpha value is -3.01. The third-order valence-electron chi connectivity index (χ3n) is 4.65. The van der Waals surface area contributed by atoms with Gasteiger partial charge < -0.3 is 19.7 Å². The zero-order valence-corrected chi connectivity index (χ0v) is 18.7. The molecular formula is C20H26ClN5O5. The molecule has 0 bridgehead atoms. The van der Waals surface area contributed by atoms with Gasteiger partial charge in [0.2, 0.25) is 11.0 Å². The Morgan fingerprint density at radius 2 is 1.87 bits per heavy atom. The van der Waals surface area contributed by atoms with Gasteiger partial charge in [0.25, 0.3) is 0 Å². The molecule has 0 radical (unpaired) electrons. The van der Waals surface area contributed by atoms with Crippen LogP contribution in [0.15, 0.2) is 24.3 Å². The Bertz CT molecular complexity index is 946. The first kappa shape index (κ1) is 22.7. The lowest BCUT2D eigenvalue weighted by atomic mass is 10.1. The summed E-state index contributed by atoms with van der Waals surface area (Å²) in [7, 11) is 1.53. The quantitative estimate of drug-likeness (QED) is 0.525. The number of nitrogens with zero attached hydrogens (tertiary/aromatic N) is 4. The maximum atomic E-state index is 12.2. The number of hydrogen-bond acceptors (Lipinski definition) is 7. The molecule has 2 heterocycles. The van der Waals surface area contributed by atoms with Crippen molar-refractivity contribution in [1.29, 1.82) is 0 Å². The van der Waals surface area contributed by atoms with Crippen LogP contribution in [0.4, 0.5) is 22.0 Å². The van der Waals surface area contributed by atoms with Crippen LogP contribution in [0.5, 0.6) is 5.75 Å². The van der Waals surface area contributed by atoms with Gasteiger partial charge in [0.15, 0.2) is 0 Å². The van der Waals surface area contributed by atoms with Gasteiger partial charge in [0.05, 0.1) is 4.92 Å². The lowest BCUT2D eigenvalue weighted by Gasteiger charge is -2.33. The number of nitro groups is 1. The summed E-state index contributed by atoms with van der Waals surface area (Å²) in [5, 5.41) is 18.1. The molecule has 1 aliphatic heterocycles. The number of nitrogens with one attached hydrogen (secondary N) is 1. The highest BCUT2D eigenvalue weighted by atomic mass is 35.5. The average Bonchev–Trinajstić information content (AvgIpc) is 2.96. The first-order valence-electron chi connectivity index (χ1n) is 9.92. The number of hydrogen-bond donors (Lipinski definition) is 1. The van der Waals surface area contributed by atoms with Crippen molar-refractivity contribution in [1.82, 2.24) is 14.7 Å². The van der Waals surface area contributed by atoms with Crippen LogP contribution in [0, 0.1) is 10.1 Å². The number of likely N-dealkylation sites (tertiary alicyclic amines) is 1. The summed E-state index contributed by atoms with van der Waals surface area (Å²) in [5.74, 6) is 0.746. The highest BCUT2D eigenvalue weighted by Gasteiger charge is 2.28. The van der Waals surface area contributed by atoms with E-state index in [1.54, 1.807) is 29.2 Å². The smallest absolute Gasteiger partial charge is 0.410 e. The normalized spacial score (nSPS) is 14.9. The summed E-state index contributed by atoms with van der Waals surface area (Å²) >= 11 is 5.94. The van der Waals surface area contributed by atoms with Crippen molar-refractivity contribution in [3.05, 3.63) is 39.5 Å². The molecule has 1 fully saturated rings. The van der Waals surface area contributed by atoms with Gasteiger partial charge in [-0.1, -0.05) is 11.6 Å². The number of rotatable bonds is 5. The van der Waals surface area contributed by atoms with Crippen LogP contribution in [0.1, 0.15) is 33.6 Å². The minimum Gasteiger partial charge on any atom is -0.490 e. The van der Waals surface area contributed by atoms with Crippen molar-refractivity contribution in [3.63, 3.8) is 0 Å². The second kappa shape index (κ2) is 9.01. The summed E-state index contributed by atoms with van der Waals surface area (Å²) in [5.41, 5.74) is -0.174. The first-order chi connectivity index (χ1) is 14.5. The van der Waals surface area contributed by atoms with Gasteiger partial charge in [-0.2, -0.15) is 0 Å². The second-order valence-electron chi connectivity index (χ2n) is 8.30. The maximum Gasteiger partial charge on any atom is 0.410 e. The van der Waals surface area contributed by atoms with Crippen LogP contribution >= 0.6 is 11.6 Å². The minimum absolute atomic E-state index is 0.00631. The van der Waals surface area contributed by atoms with Crippen LogP contribution in [-0.2, 0) is 11.8 Å². The number of aromatic nitrogens is 2. The number of anilines is 2. The van der Waals surface area contributed by atoms with Crippen molar-refractivity contribution in [2.75, 3.05) is 18.4 Å². The van der Waals surface area contributed by atoms with Gasteiger partial charge in [-0.15, -0.1) is 5.10 Å². The predicted molar refractivity (Wildman–Crippen MR) is 116 cm³/mol. The van der Waals surface area contributed by atoms with Gasteiger partial charge >= 0.3 is 11.8 Å².